The van der Waals surface area contributed by atoms with Crippen molar-refractivity contribution in [2.45, 2.75) is 19.1 Å². The number of aliphatic hydroxyl groups is 2. The lowest BCUT2D eigenvalue weighted by molar-refractivity contribution is 0.103. The normalized spacial score (nSPS) is 15.8. The fraction of sp³-hybridized carbons (Fsp3) is 1.00. The lowest BCUT2D eigenvalue weighted by Crippen LogP contribution is -2.63. The van der Waals surface area contributed by atoms with E-state index in [4.69, 9.17) is 10.2 Å². The second-order valence-corrected chi connectivity index (χ2v) is 11.1. The highest BCUT2D eigenvalue weighted by atomic mass is 33.2. The average Bonchev–Trinajstić information content (AvgIpc) is 2.26. The topological polar surface area (TPSA) is 125 Å². The highest BCUT2D eigenvalue weighted by Crippen LogP contribution is 2.34. The third-order valence-electron chi connectivity index (χ3n) is 2.26. The zero-order chi connectivity index (χ0) is 13.8. The lowest BCUT2D eigenvalue weighted by atomic mass is 10.6. The van der Waals surface area contributed by atoms with Crippen LogP contribution < -0.4 is 9.44 Å². The molecule has 0 fully saturated rings. The van der Waals surface area contributed by atoms with Gasteiger partial charge in [0, 0.05) is 13.6 Å². The first-order valence-electron chi connectivity index (χ1n) is 4.91. The van der Waals surface area contributed by atoms with Gasteiger partial charge in [0.2, 0.25) is 0 Å². The largest absolute Gasteiger partial charge is 0.395 e. The molecule has 0 atom stereocenters. The maximum Gasteiger partial charge on any atom is 0.321 e. The van der Waals surface area contributed by atoms with Gasteiger partial charge in [0.15, 0.2) is 6.79 Å². The van der Waals surface area contributed by atoms with E-state index in [-0.39, 0.29) is 6.54 Å². The van der Waals surface area contributed by atoms with Crippen molar-refractivity contribution in [3.8, 4) is 0 Å². The molecule has 0 bridgehead atoms. The van der Waals surface area contributed by atoms with Crippen LogP contribution in [0, 0.1) is 0 Å². The van der Waals surface area contributed by atoms with Crippen molar-refractivity contribution in [1.29, 1.82) is 0 Å². The molecule has 0 aromatic heterocycles. The maximum absolute atomic E-state index is 12.8. The van der Waals surface area contributed by atoms with E-state index in [9.17, 15) is 12.6 Å². The monoisotopic (exact) mass is 292 g/mol. The van der Waals surface area contributed by atoms with Gasteiger partial charge in [-0.25, -0.2) is 8.91 Å². The zero-order valence-electron chi connectivity index (χ0n) is 10.0. The Morgan fingerprint density at radius 2 is 1.88 bits per heavy atom. The molecule has 0 amide bonds. The fourth-order valence-corrected chi connectivity index (χ4v) is 7.32. The summed E-state index contributed by atoms with van der Waals surface area (Å²) in [5.74, 6) is 0. The molecule has 0 aromatic rings. The average molecular weight is 292 g/mol. The minimum absolute atomic E-state index is 0.292. The van der Waals surface area contributed by atoms with E-state index in [1.165, 1.54) is 20.9 Å². The number of nitrogens with one attached hydrogen (secondary N) is 2. The molecule has 0 aliphatic heterocycles. The third kappa shape index (κ3) is 2.67. The summed E-state index contributed by atoms with van der Waals surface area (Å²) in [6.07, 6.45) is 0. The van der Waals surface area contributed by atoms with Gasteiger partial charge in [-0.2, -0.15) is 17.3 Å². The van der Waals surface area contributed by atoms with E-state index < -0.39 is 36.3 Å². The molecule has 17 heavy (non-hydrogen) atoms. The molecule has 8 nitrogen and oxygen atoms in total. The molecule has 0 rings (SSSR count). The Kier molecular flexibility index (Phi) is 5.66. The van der Waals surface area contributed by atoms with E-state index in [0.29, 0.717) is 0 Å². The summed E-state index contributed by atoms with van der Waals surface area (Å²) in [7, 11) is -8.05. The first kappa shape index (κ1) is 16.9. The third-order valence-corrected chi connectivity index (χ3v) is 11.4. The fourth-order valence-electron chi connectivity index (χ4n) is 1.24. The standard InChI is InChI=1S/C7H20N2O6S2/c1-7(2)17(14,8-3,15-6-11)16(12,13)9-4-5-10/h7,9-11H,4-6H2,1-3H3,(H,8,14). The second-order valence-electron chi connectivity index (χ2n) is 3.43. The van der Waals surface area contributed by atoms with Crippen molar-refractivity contribution >= 4 is 17.6 Å². The second kappa shape index (κ2) is 5.69. The smallest absolute Gasteiger partial charge is 0.321 e. The van der Waals surface area contributed by atoms with Crippen LogP contribution in [0.25, 0.3) is 0 Å². The van der Waals surface area contributed by atoms with E-state index >= 15 is 0 Å². The first-order chi connectivity index (χ1) is 7.69. The first-order valence-corrected chi connectivity index (χ1v) is 8.86. The Labute approximate surface area is 101 Å². The molecule has 0 saturated carbocycles. The molecule has 10 heteroatoms. The Morgan fingerprint density at radius 3 is 2.18 bits per heavy atom. The lowest BCUT2D eigenvalue weighted by Gasteiger charge is -2.48. The van der Waals surface area contributed by atoms with Crippen LogP contribution in [0.15, 0.2) is 0 Å². The van der Waals surface area contributed by atoms with Crippen LogP contribution in [-0.4, -0.2) is 55.1 Å². The van der Waals surface area contributed by atoms with Gasteiger partial charge in [-0.05, 0) is 22.4 Å². The number of hydrogen-bond donors (Lipinski definition) is 4. The summed E-state index contributed by atoms with van der Waals surface area (Å²) >= 11 is 0. The summed E-state index contributed by atoms with van der Waals surface area (Å²) < 4.78 is 45.6. The summed E-state index contributed by atoms with van der Waals surface area (Å²) in [4.78, 5) is 0. The summed E-state index contributed by atoms with van der Waals surface area (Å²) in [5, 5.41) is 16.4. The molecule has 0 aliphatic rings. The van der Waals surface area contributed by atoms with Crippen molar-refractivity contribution < 1.29 is 27.0 Å². The van der Waals surface area contributed by atoms with Crippen molar-refractivity contribution in [2.75, 3.05) is 27.0 Å². The highest BCUT2D eigenvalue weighted by Gasteiger charge is 2.47. The van der Waals surface area contributed by atoms with Crippen LogP contribution in [0.1, 0.15) is 13.8 Å². The van der Waals surface area contributed by atoms with Crippen LogP contribution >= 0.6 is 0 Å². The van der Waals surface area contributed by atoms with Crippen molar-refractivity contribution in [1.82, 2.24) is 9.44 Å². The van der Waals surface area contributed by atoms with Crippen molar-refractivity contribution in [3.05, 3.63) is 0 Å². The van der Waals surface area contributed by atoms with Crippen molar-refractivity contribution in [2.24, 2.45) is 0 Å². The predicted molar refractivity (Wildman–Crippen MR) is 64.5 cm³/mol. The summed E-state index contributed by atoms with van der Waals surface area (Å²) in [5.41, 5.74) is 0. The predicted octanol–water partition coefficient (Wildman–Crippen LogP) is -1.94. The van der Waals surface area contributed by atoms with Crippen LogP contribution in [0.5, 0.6) is 0 Å². The molecule has 0 spiro atoms. The van der Waals surface area contributed by atoms with Gasteiger partial charge in [0.1, 0.15) is 0 Å². The summed E-state index contributed by atoms with van der Waals surface area (Å²) in [6, 6.07) is 0. The van der Waals surface area contributed by atoms with Crippen LogP contribution in [0.3, 0.4) is 0 Å². The SMILES string of the molecule is CNS(=O)(OCO)(C(C)C)S(=O)(=O)NCCO. The Balaban J connectivity index is 5.71. The minimum atomic E-state index is -4.81. The van der Waals surface area contributed by atoms with Gasteiger partial charge in [0.25, 0.3) is 0 Å². The molecule has 0 aliphatic carbocycles. The molecule has 0 saturated heterocycles. The van der Waals surface area contributed by atoms with Gasteiger partial charge >= 0.3 is 9.06 Å². The maximum atomic E-state index is 12.8. The Bertz CT molecular complexity index is 407. The Hall–Kier alpha value is -0.100. The van der Waals surface area contributed by atoms with Crippen LogP contribution in [0.2, 0.25) is 0 Å². The molecule has 4 N–H and O–H groups in total. The quantitative estimate of drug-likeness (QED) is 0.305. The van der Waals surface area contributed by atoms with Crippen molar-refractivity contribution in [3.63, 3.8) is 0 Å². The van der Waals surface area contributed by atoms with Gasteiger partial charge in [-0.15, -0.1) is 0 Å². The molecule has 106 valence electrons. The number of hydrogen-bond acceptors (Lipinski definition) is 6. The van der Waals surface area contributed by atoms with E-state index in [0.717, 1.165) is 0 Å². The molecule has 0 heterocycles. The number of aliphatic hydroxyl groups excluding tert-OH is 2. The highest BCUT2D eigenvalue weighted by molar-refractivity contribution is 8.78. The number of rotatable bonds is 8. The van der Waals surface area contributed by atoms with E-state index in [1.807, 2.05) is 4.72 Å². The van der Waals surface area contributed by atoms with Gasteiger partial charge in [-0.1, -0.05) is 0 Å². The molecule has 0 radical (unpaired) electrons. The minimum Gasteiger partial charge on any atom is -0.395 e. The molecular formula is C7H20N2O6S2. The van der Waals surface area contributed by atoms with Gasteiger partial charge in [-0.3, -0.25) is 0 Å². The molecule has 0 aromatic carbocycles. The van der Waals surface area contributed by atoms with E-state index in [2.05, 4.69) is 8.91 Å². The van der Waals surface area contributed by atoms with Gasteiger partial charge < -0.3 is 10.2 Å². The van der Waals surface area contributed by atoms with Gasteiger partial charge in [0.05, 0.1) is 11.9 Å². The Morgan fingerprint density at radius 1 is 1.35 bits per heavy atom. The van der Waals surface area contributed by atoms with E-state index in [1.54, 1.807) is 0 Å². The van der Waals surface area contributed by atoms with Crippen LogP contribution in [-0.2, 0) is 21.8 Å². The molecular weight excluding hydrogens is 272 g/mol. The summed E-state index contributed by atoms with van der Waals surface area (Å²) in [6.45, 7) is 1.03. The zero-order valence-corrected chi connectivity index (χ0v) is 11.7. The van der Waals surface area contributed by atoms with Crippen LogP contribution in [0.4, 0.5) is 0 Å². The molecule has 0 unspecified atom stereocenters.